The number of carbonyl (C=O) groups is 1. The van der Waals surface area contributed by atoms with Gasteiger partial charge in [0.05, 0.1) is 18.6 Å². The largest absolute Gasteiger partial charge is 0.497 e. The number of rotatable bonds is 5. The number of methoxy groups -OCH3 is 1. The Kier molecular flexibility index (Phi) is 7.10. The lowest BCUT2D eigenvalue weighted by molar-refractivity contribution is -0.137. The molecule has 33 heavy (non-hydrogen) atoms. The molecule has 0 radical (unpaired) electrons. The van der Waals surface area contributed by atoms with Crippen molar-refractivity contribution in [2.45, 2.75) is 38.3 Å². The molecule has 1 amide bonds. The van der Waals surface area contributed by atoms with E-state index >= 15 is 0 Å². The molecule has 0 aliphatic carbocycles. The van der Waals surface area contributed by atoms with Crippen LogP contribution in [-0.2, 0) is 17.4 Å². The second-order valence-corrected chi connectivity index (χ2v) is 8.98. The van der Waals surface area contributed by atoms with Gasteiger partial charge in [-0.05, 0) is 67.9 Å². The molecule has 1 aromatic heterocycles. The van der Waals surface area contributed by atoms with Crippen molar-refractivity contribution in [2.75, 3.05) is 38.2 Å². The predicted octanol–water partition coefficient (Wildman–Crippen LogP) is 4.81. The van der Waals surface area contributed by atoms with Crippen LogP contribution in [0.15, 0.2) is 42.6 Å². The number of hydrogen-bond acceptors (Lipinski definition) is 4. The van der Waals surface area contributed by atoms with Crippen LogP contribution in [0.4, 0.5) is 19.0 Å². The molecule has 1 unspecified atom stereocenters. The number of hydrogen-bond donors (Lipinski definition) is 0. The summed E-state index contributed by atoms with van der Waals surface area (Å²) in [5.74, 6) is 1.06. The SMILES string of the molecule is COc1ccc(CC2CCN(C(=O)C3CCCN(c4ncccc4C(F)(F)F)C3)CC2)cc1. The minimum absolute atomic E-state index is 0.0621. The van der Waals surface area contributed by atoms with Crippen LogP contribution in [0.25, 0.3) is 0 Å². The Balaban J connectivity index is 1.33. The standard InChI is InChI=1S/C25H30F3N3O2/c1-33-21-8-6-18(7-9-21)16-19-10-14-30(15-11-19)24(32)20-4-3-13-31(17-20)23-22(25(26,27)28)5-2-12-29-23/h2,5-9,12,19-20H,3-4,10-11,13-17H2,1H3. The lowest BCUT2D eigenvalue weighted by Crippen LogP contribution is -2.48. The van der Waals surface area contributed by atoms with E-state index in [0.717, 1.165) is 31.1 Å². The fraction of sp³-hybridized carbons (Fsp3) is 0.520. The van der Waals surface area contributed by atoms with E-state index in [9.17, 15) is 18.0 Å². The van der Waals surface area contributed by atoms with E-state index in [1.165, 1.54) is 17.8 Å². The van der Waals surface area contributed by atoms with Crippen LogP contribution in [0.5, 0.6) is 5.75 Å². The topological polar surface area (TPSA) is 45.7 Å². The van der Waals surface area contributed by atoms with Crippen LogP contribution in [0, 0.1) is 11.8 Å². The van der Waals surface area contributed by atoms with Gasteiger partial charge < -0.3 is 14.5 Å². The van der Waals surface area contributed by atoms with Gasteiger partial charge in [-0.25, -0.2) is 4.98 Å². The van der Waals surface area contributed by atoms with E-state index in [0.29, 0.717) is 38.4 Å². The number of piperidine rings is 2. The first kappa shape index (κ1) is 23.4. The minimum Gasteiger partial charge on any atom is -0.497 e. The van der Waals surface area contributed by atoms with Gasteiger partial charge in [0, 0.05) is 32.4 Å². The summed E-state index contributed by atoms with van der Waals surface area (Å²) in [5, 5.41) is 0. The van der Waals surface area contributed by atoms with Crippen LogP contribution >= 0.6 is 0 Å². The number of pyridine rings is 1. The summed E-state index contributed by atoms with van der Waals surface area (Å²) in [6.45, 7) is 2.17. The summed E-state index contributed by atoms with van der Waals surface area (Å²) >= 11 is 0. The predicted molar refractivity (Wildman–Crippen MR) is 120 cm³/mol. The van der Waals surface area contributed by atoms with Crippen molar-refractivity contribution >= 4 is 11.7 Å². The Morgan fingerprint density at radius 3 is 2.48 bits per heavy atom. The van der Waals surface area contributed by atoms with Crippen LogP contribution in [-0.4, -0.2) is 49.1 Å². The summed E-state index contributed by atoms with van der Waals surface area (Å²) in [7, 11) is 1.65. The van der Waals surface area contributed by atoms with Crippen LogP contribution in [0.3, 0.4) is 0 Å². The lowest BCUT2D eigenvalue weighted by Gasteiger charge is -2.38. The highest BCUT2D eigenvalue weighted by atomic mass is 19.4. The maximum absolute atomic E-state index is 13.4. The average molecular weight is 462 g/mol. The molecule has 8 heteroatoms. The summed E-state index contributed by atoms with van der Waals surface area (Å²) < 4.78 is 45.5. The molecule has 2 aliphatic heterocycles. The van der Waals surface area contributed by atoms with Gasteiger partial charge in [0.25, 0.3) is 0 Å². The van der Waals surface area contributed by atoms with Gasteiger partial charge in [-0.15, -0.1) is 0 Å². The van der Waals surface area contributed by atoms with Crippen LogP contribution in [0.2, 0.25) is 0 Å². The van der Waals surface area contributed by atoms with E-state index in [1.807, 2.05) is 17.0 Å². The van der Waals surface area contributed by atoms with Gasteiger partial charge in [-0.3, -0.25) is 4.79 Å². The van der Waals surface area contributed by atoms with E-state index in [1.54, 1.807) is 12.0 Å². The number of alkyl halides is 3. The van der Waals surface area contributed by atoms with Crippen molar-refractivity contribution in [3.63, 3.8) is 0 Å². The first-order valence-corrected chi connectivity index (χ1v) is 11.5. The maximum Gasteiger partial charge on any atom is 0.419 e. The fourth-order valence-corrected chi connectivity index (χ4v) is 4.95. The Hall–Kier alpha value is -2.77. The molecule has 3 heterocycles. The number of carbonyl (C=O) groups excluding carboxylic acids is 1. The molecule has 2 aromatic rings. The first-order chi connectivity index (χ1) is 15.8. The Bertz CT molecular complexity index is 941. The summed E-state index contributed by atoms with van der Waals surface area (Å²) in [6.07, 6.45) is 1.14. The monoisotopic (exact) mass is 461 g/mol. The fourth-order valence-electron chi connectivity index (χ4n) is 4.95. The van der Waals surface area contributed by atoms with E-state index in [-0.39, 0.29) is 24.2 Å². The Morgan fingerprint density at radius 1 is 1.09 bits per heavy atom. The van der Waals surface area contributed by atoms with Crippen molar-refractivity contribution in [1.82, 2.24) is 9.88 Å². The van der Waals surface area contributed by atoms with E-state index in [4.69, 9.17) is 4.74 Å². The van der Waals surface area contributed by atoms with Gasteiger partial charge in [0.1, 0.15) is 11.6 Å². The Morgan fingerprint density at radius 2 is 1.82 bits per heavy atom. The number of anilines is 1. The molecule has 0 spiro atoms. The molecular formula is C25H30F3N3O2. The molecule has 0 bridgehead atoms. The second kappa shape index (κ2) is 10.0. The lowest BCUT2D eigenvalue weighted by atomic mass is 9.89. The third-order valence-electron chi connectivity index (χ3n) is 6.77. The quantitative estimate of drug-likeness (QED) is 0.641. The first-order valence-electron chi connectivity index (χ1n) is 11.5. The molecule has 0 saturated carbocycles. The van der Waals surface area contributed by atoms with Crippen molar-refractivity contribution < 1.29 is 22.7 Å². The molecule has 2 fully saturated rings. The van der Waals surface area contributed by atoms with Gasteiger partial charge in [0.2, 0.25) is 5.91 Å². The highest BCUT2D eigenvalue weighted by molar-refractivity contribution is 5.80. The smallest absolute Gasteiger partial charge is 0.419 e. The molecular weight excluding hydrogens is 431 g/mol. The molecule has 2 saturated heterocycles. The van der Waals surface area contributed by atoms with Crippen LogP contribution < -0.4 is 9.64 Å². The van der Waals surface area contributed by atoms with Crippen molar-refractivity contribution in [2.24, 2.45) is 11.8 Å². The Labute approximate surface area is 192 Å². The zero-order valence-electron chi connectivity index (χ0n) is 18.9. The molecule has 178 valence electrons. The maximum atomic E-state index is 13.4. The highest BCUT2D eigenvalue weighted by Crippen LogP contribution is 2.37. The molecule has 0 N–H and O–H groups in total. The molecule has 1 atom stereocenters. The van der Waals surface area contributed by atoms with Crippen molar-refractivity contribution in [3.05, 3.63) is 53.7 Å². The number of ether oxygens (including phenoxy) is 1. The van der Waals surface area contributed by atoms with Gasteiger partial charge in [-0.1, -0.05) is 12.1 Å². The van der Waals surface area contributed by atoms with Gasteiger partial charge >= 0.3 is 6.18 Å². The summed E-state index contributed by atoms with van der Waals surface area (Å²) in [5.41, 5.74) is 0.525. The minimum atomic E-state index is -4.47. The van der Waals surface area contributed by atoms with Gasteiger partial charge in [-0.2, -0.15) is 13.2 Å². The molecule has 2 aliphatic rings. The normalized spacial score (nSPS) is 20.1. The van der Waals surface area contributed by atoms with E-state index < -0.39 is 11.7 Å². The number of aromatic nitrogens is 1. The summed E-state index contributed by atoms with van der Waals surface area (Å²) in [4.78, 5) is 20.7. The number of nitrogens with zero attached hydrogens (tertiary/aromatic N) is 3. The molecule has 5 nitrogen and oxygen atoms in total. The van der Waals surface area contributed by atoms with Crippen molar-refractivity contribution in [3.8, 4) is 5.75 Å². The second-order valence-electron chi connectivity index (χ2n) is 8.98. The average Bonchev–Trinajstić information content (AvgIpc) is 2.84. The number of likely N-dealkylation sites (tertiary alicyclic amines) is 1. The van der Waals surface area contributed by atoms with Gasteiger partial charge in [0.15, 0.2) is 0 Å². The van der Waals surface area contributed by atoms with Crippen molar-refractivity contribution in [1.29, 1.82) is 0 Å². The number of amides is 1. The zero-order chi connectivity index (χ0) is 23.4. The third-order valence-corrected chi connectivity index (χ3v) is 6.77. The molecule has 4 rings (SSSR count). The van der Waals surface area contributed by atoms with Crippen LogP contribution in [0.1, 0.15) is 36.8 Å². The van der Waals surface area contributed by atoms with E-state index in [2.05, 4.69) is 17.1 Å². The summed E-state index contributed by atoms with van der Waals surface area (Å²) in [6, 6.07) is 10.5. The zero-order valence-corrected chi connectivity index (χ0v) is 18.9. The number of halogens is 3. The number of benzene rings is 1. The third kappa shape index (κ3) is 5.60. The molecule has 1 aromatic carbocycles. The highest BCUT2D eigenvalue weighted by Gasteiger charge is 2.38.